The second-order valence-corrected chi connectivity index (χ2v) is 8.60. The lowest BCUT2D eigenvalue weighted by Crippen LogP contribution is -2.55. The molecule has 0 bridgehead atoms. The van der Waals surface area contributed by atoms with Crippen molar-refractivity contribution in [2.24, 2.45) is 0 Å². The van der Waals surface area contributed by atoms with Crippen LogP contribution in [-0.4, -0.2) is 64.4 Å². The number of carbonyl (C=O) groups is 1. The maximum atomic E-state index is 11.9. The molecule has 0 aliphatic carbocycles. The Morgan fingerprint density at radius 2 is 1.84 bits per heavy atom. The molecule has 166 valence electrons. The predicted octanol–water partition coefficient (Wildman–Crippen LogP) is 1.35. The lowest BCUT2D eigenvalue weighted by molar-refractivity contribution is -0.231. The standard InChI is InChI=1S/C23H26ClNO6/c1-25-17-6-2-12(8-13(17)4-7-19(25)27)9-15-10-14(3-5-16(15)24)23-22(30)21(29)20(28)18(11-26)31-23/h2-3,5-6,8,10,18,20-23,26,28-30H,4,7,9,11H2,1H3/t18-,20-,21+,22+,23+/m1/s1. The van der Waals surface area contributed by atoms with Gasteiger partial charge in [0.25, 0.3) is 0 Å². The summed E-state index contributed by atoms with van der Waals surface area (Å²) in [6.07, 6.45) is -4.33. The number of hydrogen-bond acceptors (Lipinski definition) is 6. The monoisotopic (exact) mass is 447 g/mol. The fraction of sp³-hybridized carbons (Fsp3) is 0.435. The highest BCUT2D eigenvalue weighted by molar-refractivity contribution is 6.31. The zero-order chi connectivity index (χ0) is 22.3. The highest BCUT2D eigenvalue weighted by Gasteiger charge is 2.44. The smallest absolute Gasteiger partial charge is 0.227 e. The molecule has 4 N–H and O–H groups in total. The topological polar surface area (TPSA) is 110 Å². The largest absolute Gasteiger partial charge is 0.394 e. The van der Waals surface area contributed by atoms with Crippen molar-refractivity contribution in [2.45, 2.75) is 49.8 Å². The van der Waals surface area contributed by atoms with Crippen LogP contribution in [0.5, 0.6) is 0 Å². The van der Waals surface area contributed by atoms with Crippen LogP contribution >= 0.6 is 11.6 Å². The molecule has 2 aliphatic heterocycles. The lowest BCUT2D eigenvalue weighted by Gasteiger charge is -2.40. The van der Waals surface area contributed by atoms with E-state index in [0.717, 1.165) is 22.4 Å². The number of aliphatic hydroxyl groups is 4. The fourth-order valence-corrected chi connectivity index (χ4v) is 4.51. The van der Waals surface area contributed by atoms with Crippen LogP contribution in [0.3, 0.4) is 0 Å². The first-order valence-electron chi connectivity index (χ1n) is 10.3. The van der Waals surface area contributed by atoms with Crippen LogP contribution in [0.2, 0.25) is 5.02 Å². The van der Waals surface area contributed by atoms with Gasteiger partial charge in [-0.25, -0.2) is 0 Å². The van der Waals surface area contributed by atoms with E-state index in [-0.39, 0.29) is 5.91 Å². The van der Waals surface area contributed by atoms with Crippen molar-refractivity contribution in [1.82, 2.24) is 0 Å². The summed E-state index contributed by atoms with van der Waals surface area (Å²) in [6.45, 7) is -0.478. The Morgan fingerprint density at radius 3 is 2.58 bits per heavy atom. The van der Waals surface area contributed by atoms with E-state index in [0.29, 0.717) is 29.8 Å². The molecular formula is C23H26ClNO6. The van der Waals surface area contributed by atoms with Crippen molar-refractivity contribution in [3.8, 4) is 0 Å². The van der Waals surface area contributed by atoms with Gasteiger partial charge in [0.1, 0.15) is 30.5 Å². The Morgan fingerprint density at radius 1 is 1.06 bits per heavy atom. The Balaban J connectivity index is 1.60. The quantitative estimate of drug-likeness (QED) is 0.563. The minimum Gasteiger partial charge on any atom is -0.394 e. The van der Waals surface area contributed by atoms with E-state index in [9.17, 15) is 25.2 Å². The number of hydrogen-bond donors (Lipinski definition) is 4. The van der Waals surface area contributed by atoms with Gasteiger partial charge in [0, 0.05) is 24.2 Å². The first kappa shape index (κ1) is 22.2. The second-order valence-electron chi connectivity index (χ2n) is 8.19. The minimum absolute atomic E-state index is 0.107. The molecule has 4 rings (SSSR count). The maximum Gasteiger partial charge on any atom is 0.227 e. The second kappa shape index (κ2) is 8.86. The lowest BCUT2D eigenvalue weighted by atomic mass is 9.90. The van der Waals surface area contributed by atoms with Crippen molar-refractivity contribution < 1.29 is 30.0 Å². The number of fused-ring (bicyclic) bond motifs is 1. The fourth-order valence-electron chi connectivity index (χ4n) is 4.32. The van der Waals surface area contributed by atoms with Crippen molar-refractivity contribution in [1.29, 1.82) is 0 Å². The van der Waals surface area contributed by atoms with Crippen molar-refractivity contribution in [2.75, 3.05) is 18.6 Å². The third-order valence-electron chi connectivity index (χ3n) is 6.17. The Bertz CT molecular complexity index is 981. The summed E-state index contributed by atoms with van der Waals surface area (Å²) < 4.78 is 5.67. The van der Waals surface area contributed by atoms with Crippen LogP contribution < -0.4 is 4.90 Å². The zero-order valence-corrected chi connectivity index (χ0v) is 17.9. The summed E-state index contributed by atoms with van der Waals surface area (Å²) >= 11 is 6.43. The SMILES string of the molecule is CN1C(=O)CCc2cc(Cc3cc([C@@H]4O[C@H](CO)[C@@H](O)[C@H](O)[C@@H]4O)ccc3Cl)ccc21. The highest BCUT2D eigenvalue weighted by atomic mass is 35.5. The zero-order valence-electron chi connectivity index (χ0n) is 17.1. The molecule has 0 unspecified atom stereocenters. The first-order chi connectivity index (χ1) is 14.8. The molecule has 0 spiro atoms. The maximum absolute atomic E-state index is 11.9. The molecule has 0 aromatic heterocycles. The number of benzene rings is 2. The molecule has 1 saturated heterocycles. The van der Waals surface area contributed by atoms with Gasteiger partial charge in [-0.15, -0.1) is 0 Å². The van der Waals surface area contributed by atoms with E-state index in [4.69, 9.17) is 16.3 Å². The van der Waals surface area contributed by atoms with Gasteiger partial charge in [0.05, 0.1) is 6.61 Å². The molecule has 31 heavy (non-hydrogen) atoms. The average Bonchev–Trinajstić information content (AvgIpc) is 2.77. The number of anilines is 1. The molecule has 1 amide bonds. The number of amides is 1. The Hall–Kier alpha value is -2.00. The molecule has 7 nitrogen and oxygen atoms in total. The van der Waals surface area contributed by atoms with E-state index in [1.807, 2.05) is 18.2 Å². The van der Waals surface area contributed by atoms with Gasteiger partial charge in [-0.2, -0.15) is 0 Å². The van der Waals surface area contributed by atoms with E-state index in [1.165, 1.54) is 0 Å². The van der Waals surface area contributed by atoms with Crippen LogP contribution in [-0.2, 0) is 22.4 Å². The molecule has 2 aromatic carbocycles. The average molecular weight is 448 g/mol. The van der Waals surface area contributed by atoms with E-state index < -0.39 is 37.1 Å². The molecule has 0 radical (unpaired) electrons. The van der Waals surface area contributed by atoms with Crippen LogP contribution in [0.4, 0.5) is 5.69 Å². The highest BCUT2D eigenvalue weighted by Crippen LogP contribution is 2.35. The van der Waals surface area contributed by atoms with E-state index in [2.05, 4.69) is 6.07 Å². The summed E-state index contributed by atoms with van der Waals surface area (Å²) in [5.74, 6) is 0.107. The minimum atomic E-state index is -1.43. The molecule has 8 heteroatoms. The first-order valence-corrected chi connectivity index (χ1v) is 10.6. The number of rotatable bonds is 4. The summed E-state index contributed by atoms with van der Waals surface area (Å²) in [4.78, 5) is 13.6. The molecule has 5 atom stereocenters. The van der Waals surface area contributed by atoms with Gasteiger partial charge in [0.2, 0.25) is 5.91 Å². The van der Waals surface area contributed by atoms with E-state index in [1.54, 1.807) is 24.1 Å². The number of carbonyl (C=O) groups excluding carboxylic acids is 1. The van der Waals surface area contributed by atoms with Gasteiger partial charge in [-0.3, -0.25) is 4.79 Å². The summed E-state index contributed by atoms with van der Waals surface area (Å²) in [5.41, 5.74) is 4.48. The van der Waals surface area contributed by atoms with Gasteiger partial charge in [-0.1, -0.05) is 35.9 Å². The van der Waals surface area contributed by atoms with E-state index >= 15 is 0 Å². The van der Waals surface area contributed by atoms with Gasteiger partial charge < -0.3 is 30.1 Å². The van der Waals surface area contributed by atoms with Crippen molar-refractivity contribution >= 4 is 23.2 Å². The van der Waals surface area contributed by atoms with Crippen LogP contribution in [0, 0.1) is 0 Å². The third kappa shape index (κ3) is 4.22. The molecule has 2 heterocycles. The van der Waals surface area contributed by atoms with Crippen LogP contribution in [0.15, 0.2) is 36.4 Å². The number of halogens is 1. The van der Waals surface area contributed by atoms with Crippen molar-refractivity contribution in [3.63, 3.8) is 0 Å². The van der Waals surface area contributed by atoms with Gasteiger partial charge in [0.15, 0.2) is 0 Å². The molecular weight excluding hydrogens is 422 g/mol. The predicted molar refractivity (Wildman–Crippen MR) is 115 cm³/mol. The molecule has 2 aromatic rings. The number of aliphatic hydroxyl groups excluding tert-OH is 4. The summed E-state index contributed by atoms with van der Waals surface area (Å²) in [5, 5.41) is 40.5. The molecule has 2 aliphatic rings. The number of nitrogens with zero attached hydrogens (tertiary/aromatic N) is 1. The molecule has 0 saturated carbocycles. The Kier molecular flexibility index (Phi) is 6.35. The van der Waals surface area contributed by atoms with Gasteiger partial charge in [-0.05, 0) is 47.2 Å². The van der Waals surface area contributed by atoms with Gasteiger partial charge >= 0.3 is 0 Å². The normalized spacial score (nSPS) is 28.5. The molecule has 1 fully saturated rings. The summed E-state index contributed by atoms with van der Waals surface area (Å²) in [6, 6.07) is 11.2. The summed E-state index contributed by atoms with van der Waals surface area (Å²) in [7, 11) is 1.78. The Labute approximate surface area is 185 Å². The number of ether oxygens (including phenoxy) is 1. The number of aryl methyl sites for hydroxylation is 1. The van der Waals surface area contributed by atoms with Crippen LogP contribution in [0.1, 0.15) is 34.8 Å². The third-order valence-corrected chi connectivity index (χ3v) is 6.54. The van der Waals surface area contributed by atoms with Crippen LogP contribution in [0.25, 0.3) is 0 Å². The van der Waals surface area contributed by atoms with Crippen molar-refractivity contribution in [3.05, 3.63) is 63.7 Å².